The van der Waals surface area contributed by atoms with Crippen molar-refractivity contribution >= 4 is 5.82 Å². The van der Waals surface area contributed by atoms with Gasteiger partial charge in [-0.05, 0) is 19.1 Å². The second-order valence-corrected chi connectivity index (χ2v) is 3.59. The molecule has 0 bridgehead atoms. The minimum atomic E-state index is 0.343. The lowest BCUT2D eigenvalue weighted by Gasteiger charge is -2.12. The number of nitrogens with two attached hydrogens (primary N) is 1. The zero-order valence-electron chi connectivity index (χ0n) is 9.98. The SMILES string of the molecule is COc1ccc(-c2cc(N)no2)c(OC)c1C. The largest absolute Gasteiger partial charge is 0.496 e. The highest BCUT2D eigenvalue weighted by atomic mass is 16.5. The van der Waals surface area contributed by atoms with E-state index in [0.29, 0.717) is 17.3 Å². The van der Waals surface area contributed by atoms with Gasteiger partial charge in [-0.1, -0.05) is 5.16 Å². The molecule has 1 heterocycles. The maximum Gasteiger partial charge on any atom is 0.172 e. The highest BCUT2D eigenvalue weighted by molar-refractivity contribution is 5.71. The molecule has 5 nitrogen and oxygen atoms in total. The second kappa shape index (κ2) is 4.37. The molecule has 0 aliphatic rings. The smallest absolute Gasteiger partial charge is 0.172 e. The van der Waals surface area contributed by atoms with Crippen LogP contribution in [-0.2, 0) is 0 Å². The molecule has 0 aliphatic heterocycles. The van der Waals surface area contributed by atoms with E-state index in [1.165, 1.54) is 0 Å². The number of nitrogen functional groups attached to an aromatic ring is 1. The number of aromatic nitrogens is 1. The average molecular weight is 234 g/mol. The van der Waals surface area contributed by atoms with Crippen LogP contribution < -0.4 is 15.2 Å². The first-order valence-corrected chi connectivity index (χ1v) is 5.11. The molecule has 1 aromatic carbocycles. The molecule has 0 spiro atoms. The van der Waals surface area contributed by atoms with E-state index in [2.05, 4.69) is 5.16 Å². The third kappa shape index (κ3) is 1.91. The van der Waals surface area contributed by atoms with Crippen LogP contribution in [0.3, 0.4) is 0 Å². The van der Waals surface area contributed by atoms with Gasteiger partial charge in [0.2, 0.25) is 0 Å². The molecule has 90 valence electrons. The van der Waals surface area contributed by atoms with Crippen LogP contribution in [0.1, 0.15) is 5.56 Å². The first-order chi connectivity index (χ1) is 8.17. The lowest BCUT2D eigenvalue weighted by Crippen LogP contribution is -1.94. The van der Waals surface area contributed by atoms with Crippen molar-refractivity contribution in [1.29, 1.82) is 0 Å². The fraction of sp³-hybridized carbons (Fsp3) is 0.250. The van der Waals surface area contributed by atoms with Crippen molar-refractivity contribution < 1.29 is 14.0 Å². The summed E-state index contributed by atoms with van der Waals surface area (Å²) in [5, 5.41) is 3.66. The van der Waals surface area contributed by atoms with Gasteiger partial charge in [0.25, 0.3) is 0 Å². The van der Waals surface area contributed by atoms with Crippen molar-refractivity contribution in [2.24, 2.45) is 0 Å². The van der Waals surface area contributed by atoms with Crippen molar-refractivity contribution in [2.75, 3.05) is 20.0 Å². The van der Waals surface area contributed by atoms with Gasteiger partial charge < -0.3 is 19.7 Å². The fourth-order valence-corrected chi connectivity index (χ4v) is 1.77. The molecule has 0 fully saturated rings. The summed E-state index contributed by atoms with van der Waals surface area (Å²) in [4.78, 5) is 0. The Labute approximate surface area is 99.1 Å². The molecule has 0 radical (unpaired) electrons. The van der Waals surface area contributed by atoms with Gasteiger partial charge in [-0.3, -0.25) is 0 Å². The lowest BCUT2D eigenvalue weighted by molar-refractivity contribution is 0.386. The Hall–Kier alpha value is -2.17. The summed E-state index contributed by atoms with van der Waals surface area (Å²) in [5.74, 6) is 2.37. The molecule has 0 aliphatic carbocycles. The van der Waals surface area contributed by atoms with Gasteiger partial charge in [0.1, 0.15) is 11.5 Å². The van der Waals surface area contributed by atoms with E-state index in [1.807, 2.05) is 19.1 Å². The average Bonchev–Trinajstić information content (AvgIpc) is 2.75. The zero-order chi connectivity index (χ0) is 12.4. The Morgan fingerprint density at radius 1 is 1.24 bits per heavy atom. The molecule has 2 aromatic rings. The van der Waals surface area contributed by atoms with Crippen molar-refractivity contribution in [3.8, 4) is 22.8 Å². The normalized spacial score (nSPS) is 10.3. The maximum absolute atomic E-state index is 5.53. The van der Waals surface area contributed by atoms with E-state index >= 15 is 0 Å². The number of nitrogens with zero attached hydrogens (tertiary/aromatic N) is 1. The topological polar surface area (TPSA) is 70.5 Å². The third-order valence-electron chi connectivity index (χ3n) is 2.57. The van der Waals surface area contributed by atoms with Crippen LogP contribution in [0.25, 0.3) is 11.3 Å². The van der Waals surface area contributed by atoms with Gasteiger partial charge in [0.15, 0.2) is 11.6 Å². The second-order valence-electron chi connectivity index (χ2n) is 3.59. The van der Waals surface area contributed by atoms with Crippen molar-refractivity contribution in [3.63, 3.8) is 0 Å². The summed E-state index contributed by atoms with van der Waals surface area (Å²) < 4.78 is 15.7. The molecule has 2 rings (SSSR count). The third-order valence-corrected chi connectivity index (χ3v) is 2.57. The highest BCUT2D eigenvalue weighted by Crippen LogP contribution is 2.38. The first kappa shape index (κ1) is 11.3. The van der Waals surface area contributed by atoms with Crippen LogP contribution in [0.4, 0.5) is 5.82 Å². The predicted molar refractivity (Wildman–Crippen MR) is 64.2 cm³/mol. The Balaban J connectivity index is 2.58. The van der Waals surface area contributed by atoms with E-state index in [4.69, 9.17) is 19.7 Å². The molecule has 0 amide bonds. The summed E-state index contributed by atoms with van der Waals surface area (Å²) in [7, 11) is 3.22. The first-order valence-electron chi connectivity index (χ1n) is 5.11. The molecule has 0 saturated heterocycles. The fourth-order valence-electron chi connectivity index (χ4n) is 1.77. The van der Waals surface area contributed by atoms with Gasteiger partial charge in [-0.15, -0.1) is 0 Å². The van der Waals surface area contributed by atoms with Gasteiger partial charge in [0, 0.05) is 11.6 Å². The van der Waals surface area contributed by atoms with Crippen molar-refractivity contribution in [1.82, 2.24) is 5.16 Å². The monoisotopic (exact) mass is 234 g/mol. The van der Waals surface area contributed by atoms with E-state index < -0.39 is 0 Å². The number of rotatable bonds is 3. The number of ether oxygens (including phenoxy) is 2. The molecule has 1 aromatic heterocycles. The molecule has 0 saturated carbocycles. The Kier molecular flexibility index (Phi) is 2.91. The van der Waals surface area contributed by atoms with Crippen molar-refractivity contribution in [2.45, 2.75) is 6.92 Å². The number of methoxy groups -OCH3 is 2. The molecule has 2 N–H and O–H groups in total. The lowest BCUT2D eigenvalue weighted by atomic mass is 10.1. The Morgan fingerprint density at radius 3 is 2.53 bits per heavy atom. The minimum Gasteiger partial charge on any atom is -0.496 e. The zero-order valence-corrected chi connectivity index (χ0v) is 9.98. The highest BCUT2D eigenvalue weighted by Gasteiger charge is 2.15. The molecular formula is C12H14N2O3. The maximum atomic E-state index is 5.53. The van der Waals surface area contributed by atoms with Crippen molar-refractivity contribution in [3.05, 3.63) is 23.8 Å². The Morgan fingerprint density at radius 2 is 2.00 bits per heavy atom. The van der Waals surface area contributed by atoms with E-state index in [-0.39, 0.29) is 0 Å². The number of anilines is 1. The van der Waals surface area contributed by atoms with Crippen LogP contribution in [0.2, 0.25) is 0 Å². The quantitative estimate of drug-likeness (QED) is 0.881. The van der Waals surface area contributed by atoms with Crippen LogP contribution >= 0.6 is 0 Å². The predicted octanol–water partition coefficient (Wildman–Crippen LogP) is 2.25. The minimum absolute atomic E-state index is 0.343. The van der Waals surface area contributed by atoms with E-state index in [9.17, 15) is 0 Å². The van der Waals surface area contributed by atoms with E-state index in [1.54, 1.807) is 20.3 Å². The molecular weight excluding hydrogens is 220 g/mol. The Bertz CT molecular complexity index is 535. The van der Waals surface area contributed by atoms with Crippen LogP contribution in [0, 0.1) is 6.92 Å². The summed E-state index contributed by atoms with van der Waals surface area (Å²) in [5.41, 5.74) is 7.24. The van der Waals surface area contributed by atoms with Crippen LogP contribution in [0.15, 0.2) is 22.7 Å². The van der Waals surface area contributed by atoms with Gasteiger partial charge in [-0.2, -0.15) is 0 Å². The molecule has 17 heavy (non-hydrogen) atoms. The van der Waals surface area contributed by atoms with Crippen LogP contribution in [0.5, 0.6) is 11.5 Å². The number of benzene rings is 1. The summed E-state index contributed by atoms with van der Waals surface area (Å²) in [6.07, 6.45) is 0. The molecule has 0 unspecified atom stereocenters. The number of hydrogen-bond acceptors (Lipinski definition) is 5. The standard InChI is InChI=1S/C12H14N2O3/c1-7-9(15-2)5-4-8(12(7)16-3)10-6-11(13)14-17-10/h4-6H,1-3H3,(H2,13,14). The summed E-state index contributed by atoms with van der Waals surface area (Å²) in [6.45, 7) is 1.92. The summed E-state index contributed by atoms with van der Waals surface area (Å²) in [6, 6.07) is 5.36. The molecule has 5 heteroatoms. The van der Waals surface area contributed by atoms with E-state index in [0.717, 1.165) is 16.9 Å². The van der Waals surface area contributed by atoms with Gasteiger partial charge in [0.05, 0.1) is 19.8 Å². The number of hydrogen-bond donors (Lipinski definition) is 1. The molecule has 0 atom stereocenters. The van der Waals surface area contributed by atoms with Gasteiger partial charge in [-0.25, -0.2) is 0 Å². The van der Waals surface area contributed by atoms with Gasteiger partial charge >= 0.3 is 0 Å². The van der Waals surface area contributed by atoms with Crippen LogP contribution in [-0.4, -0.2) is 19.4 Å². The summed E-state index contributed by atoms with van der Waals surface area (Å²) >= 11 is 0.